The van der Waals surface area contributed by atoms with Gasteiger partial charge >= 0.3 is 0 Å². The van der Waals surface area contributed by atoms with Crippen LogP contribution in [0.15, 0.2) is 41.8 Å². The summed E-state index contributed by atoms with van der Waals surface area (Å²) in [5.41, 5.74) is 4.05. The van der Waals surface area contributed by atoms with Gasteiger partial charge in [0.1, 0.15) is 10.7 Å². The molecule has 1 N–H and O–H groups in total. The topological polar surface area (TPSA) is 36.4 Å². The van der Waals surface area contributed by atoms with E-state index in [-0.39, 0.29) is 6.61 Å². The van der Waals surface area contributed by atoms with Crippen molar-refractivity contribution in [3.8, 4) is 11.8 Å². The Morgan fingerprint density at radius 3 is 2.84 bits per heavy atom. The summed E-state index contributed by atoms with van der Waals surface area (Å²) in [6.45, 7) is 0.962. The Bertz CT molecular complexity index is 912. The summed E-state index contributed by atoms with van der Waals surface area (Å²) in [7, 11) is 2.06. The first-order valence-electron chi connectivity index (χ1n) is 8.11. The predicted molar refractivity (Wildman–Crippen MR) is 106 cm³/mol. The number of rotatable bonds is 5. The van der Waals surface area contributed by atoms with Crippen LogP contribution >= 0.6 is 22.9 Å². The van der Waals surface area contributed by atoms with Crippen LogP contribution in [0.2, 0.25) is 5.15 Å². The van der Waals surface area contributed by atoms with E-state index in [4.69, 9.17) is 16.7 Å². The predicted octanol–water partition coefficient (Wildman–Crippen LogP) is 4.71. The molecular formula is C20H19ClN2OS. The Kier molecular flexibility index (Phi) is 5.93. The molecule has 3 nitrogen and oxygen atoms in total. The van der Waals surface area contributed by atoms with Gasteiger partial charge in [0.2, 0.25) is 0 Å². The molecule has 0 unspecified atom stereocenters. The van der Waals surface area contributed by atoms with Gasteiger partial charge in [0.15, 0.2) is 0 Å². The van der Waals surface area contributed by atoms with Gasteiger partial charge in [-0.25, -0.2) is 4.98 Å². The fourth-order valence-corrected chi connectivity index (χ4v) is 3.80. The van der Waals surface area contributed by atoms with E-state index in [1.165, 1.54) is 5.56 Å². The SMILES string of the molecule is CN(Cc1ccccc1)c1cc(Cl)nc2c(C#CCCCO)csc12. The number of benzene rings is 1. The maximum atomic E-state index is 8.85. The second kappa shape index (κ2) is 8.35. The number of aliphatic hydroxyl groups excluding tert-OH is 1. The number of pyridine rings is 1. The maximum Gasteiger partial charge on any atom is 0.131 e. The molecule has 0 aliphatic carbocycles. The van der Waals surface area contributed by atoms with E-state index in [2.05, 4.69) is 40.9 Å². The summed E-state index contributed by atoms with van der Waals surface area (Å²) in [5.74, 6) is 6.24. The quantitative estimate of drug-likeness (QED) is 0.401. The van der Waals surface area contributed by atoms with Crippen molar-refractivity contribution in [1.29, 1.82) is 0 Å². The lowest BCUT2D eigenvalue weighted by atomic mass is 10.2. The molecule has 1 aromatic carbocycles. The van der Waals surface area contributed by atoms with Crippen LogP contribution in [0.25, 0.3) is 10.2 Å². The average Bonchev–Trinajstić information content (AvgIpc) is 3.01. The second-order valence-corrected chi connectivity index (χ2v) is 7.03. The van der Waals surface area contributed by atoms with Crippen LogP contribution in [0.4, 0.5) is 5.69 Å². The lowest BCUT2D eigenvalue weighted by molar-refractivity contribution is 0.290. The van der Waals surface area contributed by atoms with Crippen LogP contribution in [0.3, 0.4) is 0 Å². The van der Waals surface area contributed by atoms with Crippen molar-refractivity contribution in [3.05, 3.63) is 58.1 Å². The molecule has 0 fully saturated rings. The number of hydrogen-bond acceptors (Lipinski definition) is 4. The third-order valence-electron chi connectivity index (χ3n) is 3.83. The molecular weight excluding hydrogens is 352 g/mol. The van der Waals surface area contributed by atoms with Crippen molar-refractivity contribution in [1.82, 2.24) is 4.98 Å². The number of nitrogens with zero attached hydrogens (tertiary/aromatic N) is 2. The standard InChI is InChI=1S/C20H19ClN2OS/c1-23(13-15-8-4-2-5-9-15)17-12-18(21)22-19-16(14-25-20(17)19)10-6-3-7-11-24/h2,4-5,8-9,12,14,24H,3,7,11,13H2,1H3. The van der Waals surface area contributed by atoms with Crippen molar-refractivity contribution in [2.75, 3.05) is 18.6 Å². The number of anilines is 1. The molecule has 0 spiro atoms. The summed E-state index contributed by atoms with van der Waals surface area (Å²) in [6.07, 6.45) is 1.36. The lowest BCUT2D eigenvalue weighted by Gasteiger charge is -2.20. The van der Waals surface area contributed by atoms with Crippen LogP contribution < -0.4 is 4.90 Å². The normalized spacial score (nSPS) is 10.5. The van der Waals surface area contributed by atoms with E-state index in [0.29, 0.717) is 18.0 Å². The Morgan fingerprint density at radius 1 is 1.28 bits per heavy atom. The number of fused-ring (bicyclic) bond motifs is 1. The van der Waals surface area contributed by atoms with E-state index >= 15 is 0 Å². The molecule has 0 amide bonds. The summed E-state index contributed by atoms with van der Waals surface area (Å²) in [5, 5.41) is 11.3. The van der Waals surface area contributed by atoms with Gasteiger partial charge in [-0.2, -0.15) is 0 Å². The molecule has 0 bridgehead atoms. The first kappa shape index (κ1) is 17.8. The van der Waals surface area contributed by atoms with Crippen molar-refractivity contribution >= 4 is 38.8 Å². The van der Waals surface area contributed by atoms with E-state index in [9.17, 15) is 0 Å². The number of aliphatic hydroxyl groups is 1. The smallest absolute Gasteiger partial charge is 0.131 e. The summed E-state index contributed by atoms with van der Waals surface area (Å²) < 4.78 is 1.09. The first-order chi connectivity index (χ1) is 12.2. The van der Waals surface area contributed by atoms with Gasteiger partial charge in [-0.15, -0.1) is 11.3 Å². The largest absolute Gasteiger partial charge is 0.396 e. The van der Waals surface area contributed by atoms with Gasteiger partial charge in [-0.3, -0.25) is 0 Å². The number of aromatic nitrogens is 1. The lowest BCUT2D eigenvalue weighted by Crippen LogP contribution is -2.16. The number of hydrogen-bond donors (Lipinski definition) is 1. The van der Waals surface area contributed by atoms with Gasteiger partial charge in [0.05, 0.1) is 16.0 Å². The van der Waals surface area contributed by atoms with Gasteiger partial charge < -0.3 is 10.0 Å². The molecule has 0 radical (unpaired) electrons. The molecule has 0 saturated carbocycles. The Morgan fingerprint density at radius 2 is 2.08 bits per heavy atom. The third-order valence-corrected chi connectivity index (χ3v) is 5.01. The number of thiophene rings is 1. The minimum absolute atomic E-state index is 0.164. The number of unbranched alkanes of at least 4 members (excludes halogenated alkanes) is 1. The third kappa shape index (κ3) is 4.32. The van der Waals surface area contributed by atoms with Crippen LogP contribution in [0.1, 0.15) is 24.0 Å². The fourth-order valence-electron chi connectivity index (χ4n) is 2.60. The Hall–Kier alpha value is -2.06. The maximum absolute atomic E-state index is 8.85. The molecule has 128 valence electrons. The molecule has 25 heavy (non-hydrogen) atoms. The summed E-state index contributed by atoms with van der Waals surface area (Å²) >= 11 is 7.91. The monoisotopic (exact) mass is 370 g/mol. The molecule has 3 rings (SSSR count). The highest BCUT2D eigenvalue weighted by Gasteiger charge is 2.14. The zero-order chi connectivity index (χ0) is 17.6. The summed E-state index contributed by atoms with van der Waals surface area (Å²) in [6, 6.07) is 12.2. The Balaban J connectivity index is 1.93. The van der Waals surface area contributed by atoms with Gasteiger partial charge in [0, 0.05) is 38.1 Å². The van der Waals surface area contributed by atoms with E-state index < -0.39 is 0 Å². The molecule has 5 heteroatoms. The molecule has 0 atom stereocenters. The average molecular weight is 371 g/mol. The molecule has 3 aromatic rings. The highest BCUT2D eigenvalue weighted by atomic mass is 35.5. The van der Waals surface area contributed by atoms with Gasteiger partial charge in [-0.05, 0) is 12.0 Å². The molecule has 0 aliphatic rings. The molecule has 2 aromatic heterocycles. The second-order valence-electron chi connectivity index (χ2n) is 5.76. The summed E-state index contributed by atoms with van der Waals surface area (Å²) in [4.78, 5) is 6.67. The van der Waals surface area contributed by atoms with Crippen LogP contribution in [0.5, 0.6) is 0 Å². The molecule has 0 aliphatic heterocycles. The van der Waals surface area contributed by atoms with Crippen molar-refractivity contribution in [3.63, 3.8) is 0 Å². The molecule has 2 heterocycles. The highest BCUT2D eigenvalue weighted by molar-refractivity contribution is 7.18. The minimum Gasteiger partial charge on any atom is -0.396 e. The molecule has 0 saturated heterocycles. The van der Waals surface area contributed by atoms with Crippen molar-refractivity contribution in [2.24, 2.45) is 0 Å². The van der Waals surface area contributed by atoms with Gasteiger partial charge in [-0.1, -0.05) is 53.8 Å². The Labute approximate surface area is 156 Å². The fraction of sp³-hybridized carbons (Fsp3) is 0.250. The van der Waals surface area contributed by atoms with Crippen molar-refractivity contribution in [2.45, 2.75) is 19.4 Å². The minimum atomic E-state index is 0.164. The number of halogens is 1. The van der Waals surface area contributed by atoms with E-state index in [1.54, 1.807) is 11.3 Å². The first-order valence-corrected chi connectivity index (χ1v) is 9.37. The highest BCUT2D eigenvalue weighted by Crippen LogP contribution is 2.35. The zero-order valence-electron chi connectivity index (χ0n) is 14.0. The van der Waals surface area contributed by atoms with Gasteiger partial charge in [0.25, 0.3) is 0 Å². The van der Waals surface area contributed by atoms with Crippen LogP contribution in [-0.2, 0) is 6.54 Å². The van der Waals surface area contributed by atoms with E-state index in [1.807, 2.05) is 29.6 Å². The van der Waals surface area contributed by atoms with Crippen molar-refractivity contribution < 1.29 is 5.11 Å². The van der Waals surface area contributed by atoms with Crippen LogP contribution in [0, 0.1) is 11.8 Å². The van der Waals surface area contributed by atoms with E-state index in [0.717, 1.165) is 28.0 Å². The zero-order valence-corrected chi connectivity index (χ0v) is 15.6. The van der Waals surface area contributed by atoms with Crippen LogP contribution in [-0.4, -0.2) is 23.7 Å².